The number of nitrogens with one attached hydrogen (secondary N) is 1. The lowest BCUT2D eigenvalue weighted by Gasteiger charge is -2.09. The van der Waals surface area contributed by atoms with Gasteiger partial charge in [-0.15, -0.1) is 0 Å². The number of H-pyrrole nitrogens is 1. The minimum absolute atomic E-state index is 0.0802. The van der Waals surface area contributed by atoms with Crippen LogP contribution in [0.3, 0.4) is 0 Å². The maximum absolute atomic E-state index is 14.0. The molecule has 0 aliphatic carbocycles. The highest BCUT2D eigenvalue weighted by Gasteiger charge is 2.23. The Balaban J connectivity index is 2.55. The van der Waals surface area contributed by atoms with Gasteiger partial charge in [-0.1, -0.05) is 6.07 Å². The van der Waals surface area contributed by atoms with Crippen LogP contribution >= 0.6 is 0 Å². The van der Waals surface area contributed by atoms with E-state index in [0.717, 1.165) is 12.8 Å². The van der Waals surface area contributed by atoms with Crippen LogP contribution in [0.4, 0.5) is 4.39 Å². The summed E-state index contributed by atoms with van der Waals surface area (Å²) in [6.45, 7) is 1.80. The van der Waals surface area contributed by atoms with E-state index in [1.54, 1.807) is 19.1 Å². The van der Waals surface area contributed by atoms with Crippen molar-refractivity contribution in [3.05, 3.63) is 35.3 Å². The van der Waals surface area contributed by atoms with Crippen molar-refractivity contribution in [2.45, 2.75) is 13.0 Å². The molecule has 4 nitrogen and oxygen atoms in total. The number of aryl methyl sites for hydroxylation is 1. The first-order chi connectivity index (χ1) is 8.04. The van der Waals surface area contributed by atoms with E-state index in [2.05, 4.69) is 9.72 Å². The van der Waals surface area contributed by atoms with Crippen LogP contribution in [-0.2, 0) is 9.53 Å². The van der Waals surface area contributed by atoms with Crippen LogP contribution in [0.25, 0.3) is 10.9 Å². The van der Waals surface area contributed by atoms with Gasteiger partial charge >= 0.3 is 5.97 Å². The van der Waals surface area contributed by atoms with Gasteiger partial charge in [0.05, 0.1) is 7.11 Å². The van der Waals surface area contributed by atoms with E-state index in [1.807, 2.05) is 0 Å². The molecule has 2 aromatic rings. The van der Waals surface area contributed by atoms with Gasteiger partial charge in [0.2, 0.25) is 0 Å². The molecule has 1 unspecified atom stereocenters. The Kier molecular flexibility index (Phi) is 2.85. The van der Waals surface area contributed by atoms with E-state index in [1.165, 1.54) is 6.07 Å². The number of aliphatic hydroxyl groups is 1. The van der Waals surface area contributed by atoms with Crippen molar-refractivity contribution in [2.75, 3.05) is 7.11 Å². The Labute approximate surface area is 97.0 Å². The van der Waals surface area contributed by atoms with E-state index in [9.17, 15) is 14.3 Å². The van der Waals surface area contributed by atoms with E-state index in [4.69, 9.17) is 0 Å². The third-order valence-corrected chi connectivity index (χ3v) is 2.62. The lowest BCUT2D eigenvalue weighted by Crippen LogP contribution is -2.14. The number of ether oxygens (including phenoxy) is 1. The van der Waals surface area contributed by atoms with Crippen LogP contribution in [-0.4, -0.2) is 23.2 Å². The lowest BCUT2D eigenvalue weighted by molar-refractivity contribution is -0.150. The summed E-state index contributed by atoms with van der Waals surface area (Å²) in [6, 6.07) is 4.61. The van der Waals surface area contributed by atoms with Gasteiger partial charge in [0.25, 0.3) is 0 Å². The zero-order chi connectivity index (χ0) is 12.6. The van der Waals surface area contributed by atoms with Crippen LogP contribution in [0.5, 0.6) is 0 Å². The van der Waals surface area contributed by atoms with Crippen molar-refractivity contribution in [3.8, 4) is 0 Å². The molecule has 17 heavy (non-hydrogen) atoms. The second-order valence-electron chi connectivity index (χ2n) is 3.81. The van der Waals surface area contributed by atoms with E-state index in [-0.39, 0.29) is 5.56 Å². The topological polar surface area (TPSA) is 62.3 Å². The number of benzene rings is 1. The van der Waals surface area contributed by atoms with E-state index >= 15 is 0 Å². The molecule has 0 saturated heterocycles. The molecule has 0 aliphatic heterocycles. The summed E-state index contributed by atoms with van der Waals surface area (Å²) in [7, 11) is 1.14. The molecule has 1 atom stereocenters. The molecule has 1 aromatic heterocycles. The van der Waals surface area contributed by atoms with E-state index in [0.29, 0.717) is 10.9 Å². The number of aromatic nitrogens is 1. The molecular weight excluding hydrogens is 225 g/mol. The van der Waals surface area contributed by atoms with Gasteiger partial charge in [0.15, 0.2) is 6.10 Å². The molecule has 0 bridgehead atoms. The normalized spacial score (nSPS) is 12.7. The number of esters is 1. The maximum Gasteiger partial charge on any atom is 0.339 e. The second kappa shape index (κ2) is 4.18. The first-order valence-corrected chi connectivity index (χ1v) is 5.08. The molecule has 90 valence electrons. The summed E-state index contributed by atoms with van der Waals surface area (Å²) in [5, 5.41) is 9.96. The van der Waals surface area contributed by atoms with Crippen molar-refractivity contribution in [1.82, 2.24) is 4.98 Å². The predicted octanol–water partition coefficient (Wildman–Crippen LogP) is 1.82. The molecule has 0 fully saturated rings. The smallest absolute Gasteiger partial charge is 0.339 e. The Morgan fingerprint density at radius 3 is 2.88 bits per heavy atom. The predicted molar refractivity (Wildman–Crippen MR) is 60.0 cm³/mol. The van der Waals surface area contributed by atoms with Gasteiger partial charge in [-0.05, 0) is 19.1 Å². The number of hydrogen-bond acceptors (Lipinski definition) is 3. The number of rotatable bonds is 2. The average molecular weight is 237 g/mol. The fourth-order valence-electron chi connectivity index (χ4n) is 1.77. The number of carbonyl (C=O) groups excluding carboxylic acids is 1. The molecule has 5 heteroatoms. The summed E-state index contributed by atoms with van der Waals surface area (Å²) in [5.41, 5.74) is 1.35. The zero-order valence-corrected chi connectivity index (χ0v) is 9.45. The second-order valence-corrected chi connectivity index (χ2v) is 3.81. The molecule has 1 aromatic carbocycles. The quantitative estimate of drug-likeness (QED) is 0.783. The number of aromatic amines is 1. The molecule has 0 amide bonds. The number of fused-ring (bicyclic) bond motifs is 1. The Morgan fingerprint density at radius 1 is 1.53 bits per heavy atom. The van der Waals surface area contributed by atoms with Gasteiger partial charge in [-0.2, -0.15) is 0 Å². The Bertz CT molecular complexity index is 576. The number of carbonyl (C=O) groups is 1. The molecular formula is C12H12FNO3. The third-order valence-electron chi connectivity index (χ3n) is 2.62. The third kappa shape index (κ3) is 1.89. The summed E-state index contributed by atoms with van der Waals surface area (Å²) in [5.74, 6) is -1.49. The summed E-state index contributed by atoms with van der Waals surface area (Å²) in [4.78, 5) is 14.1. The summed E-state index contributed by atoms with van der Waals surface area (Å²) < 4.78 is 18.4. The molecule has 0 spiro atoms. The Hall–Kier alpha value is -1.88. The van der Waals surface area contributed by atoms with Crippen molar-refractivity contribution >= 4 is 16.9 Å². The van der Waals surface area contributed by atoms with Crippen molar-refractivity contribution < 1.29 is 19.0 Å². The van der Waals surface area contributed by atoms with Gasteiger partial charge in [0, 0.05) is 22.2 Å². The highest BCUT2D eigenvalue weighted by molar-refractivity contribution is 5.84. The molecule has 2 N–H and O–H groups in total. The molecule has 0 aliphatic rings. The SMILES string of the molecule is COC(=O)C(O)c1ccc2[nH]c(C)cc2c1F. The van der Waals surface area contributed by atoms with Crippen LogP contribution < -0.4 is 0 Å². The van der Waals surface area contributed by atoms with Crippen LogP contribution in [0.15, 0.2) is 18.2 Å². The number of aliphatic hydroxyl groups excluding tert-OH is 1. The fourth-order valence-corrected chi connectivity index (χ4v) is 1.77. The molecule has 1 heterocycles. The van der Waals surface area contributed by atoms with Gasteiger partial charge in [-0.3, -0.25) is 0 Å². The largest absolute Gasteiger partial charge is 0.467 e. The monoisotopic (exact) mass is 237 g/mol. The molecule has 2 rings (SSSR count). The Morgan fingerprint density at radius 2 is 2.24 bits per heavy atom. The van der Waals surface area contributed by atoms with Crippen LogP contribution in [0.2, 0.25) is 0 Å². The van der Waals surface area contributed by atoms with Crippen molar-refractivity contribution in [2.24, 2.45) is 0 Å². The van der Waals surface area contributed by atoms with Crippen LogP contribution in [0, 0.1) is 12.7 Å². The maximum atomic E-state index is 14.0. The highest BCUT2D eigenvalue weighted by atomic mass is 19.1. The molecule has 0 saturated carbocycles. The van der Waals surface area contributed by atoms with Gasteiger partial charge in [0.1, 0.15) is 5.82 Å². The molecule has 0 radical (unpaired) electrons. The summed E-state index contributed by atoms with van der Waals surface area (Å²) >= 11 is 0. The van der Waals surface area contributed by atoms with Gasteiger partial charge in [-0.25, -0.2) is 9.18 Å². The fraction of sp³-hybridized carbons (Fsp3) is 0.250. The van der Waals surface area contributed by atoms with Crippen molar-refractivity contribution in [1.29, 1.82) is 0 Å². The van der Waals surface area contributed by atoms with E-state index < -0.39 is 17.9 Å². The minimum Gasteiger partial charge on any atom is -0.467 e. The highest BCUT2D eigenvalue weighted by Crippen LogP contribution is 2.26. The zero-order valence-electron chi connectivity index (χ0n) is 9.45. The first kappa shape index (κ1) is 11.6. The number of halogens is 1. The number of methoxy groups -OCH3 is 1. The standard InChI is InChI=1S/C12H12FNO3/c1-6-5-8-9(14-6)4-3-7(10(8)13)11(15)12(16)17-2/h3-5,11,14-15H,1-2H3. The van der Waals surface area contributed by atoms with Crippen LogP contribution in [0.1, 0.15) is 17.4 Å². The first-order valence-electron chi connectivity index (χ1n) is 5.08. The lowest BCUT2D eigenvalue weighted by atomic mass is 10.1. The average Bonchev–Trinajstić information content (AvgIpc) is 2.69. The van der Waals surface area contributed by atoms with Gasteiger partial charge < -0.3 is 14.8 Å². The number of hydrogen-bond donors (Lipinski definition) is 2. The minimum atomic E-state index is -1.60. The summed E-state index contributed by atoms with van der Waals surface area (Å²) in [6.07, 6.45) is -1.60. The van der Waals surface area contributed by atoms with Crippen molar-refractivity contribution in [3.63, 3.8) is 0 Å².